The van der Waals surface area contributed by atoms with Crippen molar-refractivity contribution in [2.24, 2.45) is 5.92 Å². The lowest BCUT2D eigenvalue weighted by Crippen LogP contribution is -2.58. The fraction of sp³-hybridized carbons (Fsp3) is 0.588. The summed E-state index contributed by atoms with van der Waals surface area (Å²) in [6.07, 6.45) is 10.5. The zero-order valence-electron chi connectivity index (χ0n) is 12.8. The fourth-order valence-electron chi connectivity index (χ4n) is 3.68. The summed E-state index contributed by atoms with van der Waals surface area (Å²) < 4.78 is 0. The second-order valence-electron chi connectivity index (χ2n) is 6.35. The van der Waals surface area contributed by atoms with Crippen molar-refractivity contribution in [3.8, 4) is 0 Å². The molecule has 22 heavy (non-hydrogen) atoms. The number of carbonyl (C=O) groups excluding carboxylic acids is 2. The minimum atomic E-state index is -0.102. The van der Waals surface area contributed by atoms with Gasteiger partial charge in [-0.3, -0.25) is 14.6 Å². The smallest absolute Gasteiger partial charge is 0.253 e. The van der Waals surface area contributed by atoms with E-state index in [0.717, 1.165) is 19.3 Å². The van der Waals surface area contributed by atoms with E-state index in [4.69, 9.17) is 0 Å². The number of pyridine rings is 1. The third kappa shape index (κ3) is 3.46. The first-order chi connectivity index (χ1) is 10.7. The Balaban J connectivity index is 1.69. The summed E-state index contributed by atoms with van der Waals surface area (Å²) in [5, 5.41) is 6.23. The molecule has 2 heterocycles. The predicted molar refractivity (Wildman–Crippen MR) is 83.2 cm³/mol. The minimum absolute atomic E-state index is 0.0218. The molecular weight excluding hydrogens is 278 g/mol. The van der Waals surface area contributed by atoms with E-state index in [0.29, 0.717) is 17.9 Å². The second kappa shape index (κ2) is 6.90. The van der Waals surface area contributed by atoms with E-state index in [9.17, 15) is 9.59 Å². The Labute approximate surface area is 130 Å². The molecule has 2 aliphatic rings. The number of carbonyl (C=O) groups is 2. The van der Waals surface area contributed by atoms with Gasteiger partial charge in [0.1, 0.15) is 0 Å². The van der Waals surface area contributed by atoms with Gasteiger partial charge in [0.2, 0.25) is 5.91 Å². The first kappa shape index (κ1) is 15.0. The standard InChI is InChI=1S/C17H23N3O2/c21-15-9-8-14(16(20-15)12-5-2-1-3-6-12)19-17(22)13-7-4-10-18-11-13/h4,7,10-12,14,16H,1-3,5-6,8-9H2,(H,19,22)(H,20,21). The van der Waals surface area contributed by atoms with Crippen LogP contribution >= 0.6 is 0 Å². The molecule has 1 aromatic heterocycles. The normalized spacial score (nSPS) is 26.3. The highest BCUT2D eigenvalue weighted by Gasteiger charge is 2.35. The van der Waals surface area contributed by atoms with Crippen molar-refractivity contribution < 1.29 is 9.59 Å². The zero-order chi connectivity index (χ0) is 15.4. The molecule has 118 valence electrons. The van der Waals surface area contributed by atoms with Crippen molar-refractivity contribution in [1.82, 2.24) is 15.6 Å². The SMILES string of the molecule is O=C1CCC(NC(=O)c2cccnc2)C(C2CCCCC2)N1. The molecule has 1 aliphatic carbocycles. The van der Waals surface area contributed by atoms with E-state index in [1.807, 2.05) is 0 Å². The average Bonchev–Trinajstić information content (AvgIpc) is 2.58. The quantitative estimate of drug-likeness (QED) is 0.897. The lowest BCUT2D eigenvalue weighted by Gasteiger charge is -2.39. The average molecular weight is 301 g/mol. The molecule has 0 radical (unpaired) electrons. The highest BCUT2D eigenvalue weighted by atomic mass is 16.2. The molecule has 1 aliphatic heterocycles. The van der Waals surface area contributed by atoms with Gasteiger partial charge in [0.05, 0.1) is 17.6 Å². The molecular formula is C17H23N3O2. The first-order valence-corrected chi connectivity index (χ1v) is 8.24. The number of hydrogen-bond acceptors (Lipinski definition) is 3. The zero-order valence-corrected chi connectivity index (χ0v) is 12.8. The molecule has 1 aromatic rings. The Kier molecular flexibility index (Phi) is 4.71. The van der Waals surface area contributed by atoms with E-state index >= 15 is 0 Å². The van der Waals surface area contributed by atoms with Gasteiger partial charge in [-0.25, -0.2) is 0 Å². The van der Waals surface area contributed by atoms with Crippen molar-refractivity contribution in [2.75, 3.05) is 0 Å². The van der Waals surface area contributed by atoms with Gasteiger partial charge in [-0.1, -0.05) is 19.3 Å². The monoisotopic (exact) mass is 301 g/mol. The van der Waals surface area contributed by atoms with Crippen LogP contribution in [0.1, 0.15) is 55.3 Å². The lowest BCUT2D eigenvalue weighted by atomic mass is 9.78. The van der Waals surface area contributed by atoms with Crippen LogP contribution in [0.2, 0.25) is 0 Å². The molecule has 5 heteroatoms. The number of nitrogens with one attached hydrogen (secondary N) is 2. The Morgan fingerprint density at radius 1 is 1.23 bits per heavy atom. The van der Waals surface area contributed by atoms with Crippen molar-refractivity contribution >= 4 is 11.8 Å². The molecule has 2 fully saturated rings. The molecule has 2 atom stereocenters. The molecule has 0 aromatic carbocycles. The van der Waals surface area contributed by atoms with Gasteiger partial charge in [-0.05, 0) is 37.3 Å². The van der Waals surface area contributed by atoms with E-state index in [1.165, 1.54) is 19.3 Å². The van der Waals surface area contributed by atoms with Gasteiger partial charge in [0, 0.05) is 18.8 Å². The Morgan fingerprint density at radius 2 is 2.05 bits per heavy atom. The summed E-state index contributed by atoms with van der Waals surface area (Å²) in [4.78, 5) is 28.1. The maximum absolute atomic E-state index is 12.4. The van der Waals surface area contributed by atoms with Crippen LogP contribution in [0.25, 0.3) is 0 Å². The summed E-state index contributed by atoms with van der Waals surface area (Å²) in [6, 6.07) is 3.62. The molecule has 2 amide bonds. The molecule has 3 rings (SSSR count). The van der Waals surface area contributed by atoms with Crippen LogP contribution in [0.15, 0.2) is 24.5 Å². The van der Waals surface area contributed by atoms with Crippen LogP contribution < -0.4 is 10.6 Å². The van der Waals surface area contributed by atoms with Gasteiger partial charge in [0.25, 0.3) is 5.91 Å². The Hall–Kier alpha value is -1.91. The van der Waals surface area contributed by atoms with Gasteiger partial charge < -0.3 is 10.6 Å². The molecule has 0 spiro atoms. The van der Waals surface area contributed by atoms with E-state index in [-0.39, 0.29) is 23.9 Å². The van der Waals surface area contributed by atoms with E-state index < -0.39 is 0 Å². The Morgan fingerprint density at radius 3 is 2.77 bits per heavy atom. The van der Waals surface area contributed by atoms with Gasteiger partial charge >= 0.3 is 0 Å². The highest BCUT2D eigenvalue weighted by molar-refractivity contribution is 5.94. The minimum Gasteiger partial charge on any atom is -0.351 e. The number of rotatable bonds is 3. The first-order valence-electron chi connectivity index (χ1n) is 8.24. The summed E-state index contributed by atoms with van der Waals surface area (Å²) in [6.45, 7) is 0. The summed E-state index contributed by atoms with van der Waals surface area (Å²) in [5.41, 5.74) is 0.571. The maximum atomic E-state index is 12.4. The van der Waals surface area contributed by atoms with E-state index in [2.05, 4.69) is 15.6 Å². The van der Waals surface area contributed by atoms with Crippen molar-refractivity contribution in [1.29, 1.82) is 0 Å². The molecule has 5 nitrogen and oxygen atoms in total. The number of aromatic nitrogens is 1. The van der Waals surface area contributed by atoms with Crippen LogP contribution in [0.3, 0.4) is 0 Å². The van der Waals surface area contributed by atoms with E-state index in [1.54, 1.807) is 24.5 Å². The largest absolute Gasteiger partial charge is 0.351 e. The number of nitrogens with zero attached hydrogens (tertiary/aromatic N) is 1. The van der Waals surface area contributed by atoms with Crippen LogP contribution in [-0.2, 0) is 4.79 Å². The second-order valence-corrected chi connectivity index (χ2v) is 6.35. The molecule has 0 bridgehead atoms. The van der Waals surface area contributed by atoms with Gasteiger partial charge in [0.15, 0.2) is 0 Å². The summed E-state index contributed by atoms with van der Waals surface area (Å²) >= 11 is 0. The van der Waals surface area contributed by atoms with Crippen molar-refractivity contribution in [3.63, 3.8) is 0 Å². The molecule has 2 unspecified atom stereocenters. The topological polar surface area (TPSA) is 71.1 Å². The van der Waals surface area contributed by atoms with Crippen LogP contribution in [0.4, 0.5) is 0 Å². The third-order valence-electron chi connectivity index (χ3n) is 4.84. The highest BCUT2D eigenvalue weighted by Crippen LogP contribution is 2.30. The summed E-state index contributed by atoms with van der Waals surface area (Å²) in [5.74, 6) is 0.495. The van der Waals surface area contributed by atoms with Crippen molar-refractivity contribution in [3.05, 3.63) is 30.1 Å². The van der Waals surface area contributed by atoms with Crippen molar-refractivity contribution in [2.45, 2.75) is 57.0 Å². The predicted octanol–water partition coefficient (Wildman–Crippen LogP) is 2.04. The number of amides is 2. The molecule has 1 saturated carbocycles. The van der Waals surface area contributed by atoms with Gasteiger partial charge in [-0.15, -0.1) is 0 Å². The number of hydrogen-bond donors (Lipinski definition) is 2. The maximum Gasteiger partial charge on any atom is 0.253 e. The summed E-state index contributed by atoms with van der Waals surface area (Å²) in [7, 11) is 0. The Bertz CT molecular complexity index is 526. The molecule has 1 saturated heterocycles. The van der Waals surface area contributed by atoms with Crippen LogP contribution in [0.5, 0.6) is 0 Å². The third-order valence-corrected chi connectivity index (χ3v) is 4.84. The number of piperidine rings is 1. The molecule has 2 N–H and O–H groups in total. The van der Waals surface area contributed by atoms with Crippen LogP contribution in [0, 0.1) is 5.92 Å². The lowest BCUT2D eigenvalue weighted by molar-refractivity contribution is -0.124. The fourth-order valence-corrected chi connectivity index (χ4v) is 3.68. The van der Waals surface area contributed by atoms with Crippen LogP contribution in [-0.4, -0.2) is 28.9 Å². The van der Waals surface area contributed by atoms with Gasteiger partial charge in [-0.2, -0.15) is 0 Å².